The fraction of sp³-hybridized carbons (Fsp3) is 0.846. The second kappa shape index (κ2) is 4.41. The molecule has 2 aliphatic rings. The van der Waals surface area contributed by atoms with Crippen molar-refractivity contribution in [2.45, 2.75) is 64.0 Å². The van der Waals surface area contributed by atoms with Crippen molar-refractivity contribution in [2.75, 3.05) is 0 Å². The summed E-state index contributed by atoms with van der Waals surface area (Å²) in [4.78, 5) is 0. The topological polar surface area (TPSA) is 56.7 Å². The Kier molecular flexibility index (Phi) is 2.90. The van der Waals surface area contributed by atoms with Crippen LogP contribution < -0.4 is 5.73 Å². The van der Waals surface area contributed by atoms with E-state index in [4.69, 9.17) is 5.73 Å². The van der Waals surface area contributed by atoms with Crippen LogP contribution >= 0.6 is 0 Å². The summed E-state index contributed by atoms with van der Waals surface area (Å²) in [5.74, 6) is 3.78. The third-order valence-corrected chi connectivity index (χ3v) is 4.24. The van der Waals surface area contributed by atoms with Gasteiger partial charge in [0.1, 0.15) is 11.6 Å². The number of nitrogens with two attached hydrogens (primary N) is 1. The zero-order valence-corrected chi connectivity index (χ0v) is 10.6. The second-order valence-corrected chi connectivity index (χ2v) is 5.77. The minimum absolute atomic E-state index is 0.409. The Bertz CT molecular complexity index is 386. The van der Waals surface area contributed by atoms with Gasteiger partial charge < -0.3 is 10.3 Å². The van der Waals surface area contributed by atoms with Gasteiger partial charge in [-0.3, -0.25) is 0 Å². The van der Waals surface area contributed by atoms with Crippen LogP contribution in [0.2, 0.25) is 0 Å². The Labute approximate surface area is 103 Å². The standard InChI is InChI=1S/C13H22N4/c1-9-15-16-13(17(9)8-10-2-3-10)11-4-6-12(14)7-5-11/h10-12H,2-8,14H2,1H3. The van der Waals surface area contributed by atoms with Crippen LogP contribution in [0.1, 0.15) is 56.1 Å². The van der Waals surface area contributed by atoms with E-state index in [0.717, 1.165) is 31.1 Å². The molecule has 3 rings (SSSR count). The zero-order valence-electron chi connectivity index (χ0n) is 10.6. The lowest BCUT2D eigenvalue weighted by Crippen LogP contribution is -2.27. The fourth-order valence-electron chi connectivity index (χ4n) is 2.86. The molecule has 0 bridgehead atoms. The highest BCUT2D eigenvalue weighted by Crippen LogP contribution is 2.35. The maximum Gasteiger partial charge on any atom is 0.136 e. The number of aromatic nitrogens is 3. The van der Waals surface area contributed by atoms with Crippen LogP contribution in [0.15, 0.2) is 0 Å². The second-order valence-electron chi connectivity index (χ2n) is 5.77. The molecule has 0 amide bonds. The van der Waals surface area contributed by atoms with Gasteiger partial charge in [-0.05, 0) is 51.4 Å². The number of hydrogen-bond acceptors (Lipinski definition) is 3. The molecule has 2 aliphatic carbocycles. The third-order valence-electron chi connectivity index (χ3n) is 4.24. The minimum atomic E-state index is 0.409. The first-order valence-corrected chi connectivity index (χ1v) is 6.89. The molecule has 2 saturated carbocycles. The predicted molar refractivity (Wildman–Crippen MR) is 66.7 cm³/mol. The number of hydrogen-bond donors (Lipinski definition) is 1. The quantitative estimate of drug-likeness (QED) is 0.870. The smallest absolute Gasteiger partial charge is 0.136 e. The van der Waals surface area contributed by atoms with Gasteiger partial charge in [-0.15, -0.1) is 10.2 Å². The summed E-state index contributed by atoms with van der Waals surface area (Å²) in [5, 5.41) is 8.69. The van der Waals surface area contributed by atoms with Crippen LogP contribution in [0.5, 0.6) is 0 Å². The van der Waals surface area contributed by atoms with Crippen LogP contribution in [-0.4, -0.2) is 20.8 Å². The lowest BCUT2D eigenvalue weighted by Gasteiger charge is -2.25. The molecule has 1 aromatic rings. The highest BCUT2D eigenvalue weighted by atomic mass is 15.3. The average Bonchev–Trinajstić information content (AvgIpc) is 3.07. The Balaban J connectivity index is 1.76. The molecule has 1 aromatic heterocycles. The lowest BCUT2D eigenvalue weighted by atomic mass is 9.86. The summed E-state index contributed by atoms with van der Waals surface area (Å²) in [7, 11) is 0. The molecule has 0 unspecified atom stereocenters. The molecule has 2 N–H and O–H groups in total. The monoisotopic (exact) mass is 234 g/mol. The number of rotatable bonds is 3. The van der Waals surface area contributed by atoms with Gasteiger partial charge in [0, 0.05) is 18.5 Å². The van der Waals surface area contributed by atoms with E-state index in [1.807, 2.05) is 0 Å². The summed E-state index contributed by atoms with van der Waals surface area (Å²) >= 11 is 0. The van der Waals surface area contributed by atoms with Crippen molar-refractivity contribution in [1.29, 1.82) is 0 Å². The molecule has 0 aliphatic heterocycles. The maximum absolute atomic E-state index is 5.97. The van der Waals surface area contributed by atoms with E-state index in [2.05, 4.69) is 21.7 Å². The molecule has 4 heteroatoms. The van der Waals surface area contributed by atoms with Crippen LogP contribution in [0.25, 0.3) is 0 Å². The van der Waals surface area contributed by atoms with E-state index in [9.17, 15) is 0 Å². The fourth-order valence-corrected chi connectivity index (χ4v) is 2.86. The molecular formula is C13H22N4. The Hall–Kier alpha value is -0.900. The summed E-state index contributed by atoms with van der Waals surface area (Å²) in [5.41, 5.74) is 5.97. The first-order chi connectivity index (χ1) is 8.24. The van der Waals surface area contributed by atoms with Crippen molar-refractivity contribution in [2.24, 2.45) is 11.7 Å². The molecule has 0 atom stereocenters. The first kappa shape index (κ1) is 11.2. The molecule has 0 spiro atoms. The molecule has 4 nitrogen and oxygen atoms in total. The summed E-state index contributed by atoms with van der Waals surface area (Å²) in [6.07, 6.45) is 7.41. The largest absolute Gasteiger partial charge is 0.328 e. The highest BCUT2D eigenvalue weighted by Gasteiger charge is 2.28. The van der Waals surface area contributed by atoms with E-state index in [1.54, 1.807) is 0 Å². The Morgan fingerprint density at radius 2 is 1.82 bits per heavy atom. The first-order valence-electron chi connectivity index (χ1n) is 6.89. The van der Waals surface area contributed by atoms with Crippen molar-refractivity contribution in [1.82, 2.24) is 14.8 Å². The van der Waals surface area contributed by atoms with Gasteiger partial charge in [0.25, 0.3) is 0 Å². The van der Waals surface area contributed by atoms with Crippen molar-refractivity contribution in [3.05, 3.63) is 11.6 Å². The van der Waals surface area contributed by atoms with Gasteiger partial charge in [0.05, 0.1) is 0 Å². The highest BCUT2D eigenvalue weighted by molar-refractivity contribution is 5.04. The van der Waals surface area contributed by atoms with Gasteiger partial charge in [-0.25, -0.2) is 0 Å². The van der Waals surface area contributed by atoms with Gasteiger partial charge >= 0.3 is 0 Å². The van der Waals surface area contributed by atoms with Crippen LogP contribution in [0.3, 0.4) is 0 Å². The molecule has 1 heterocycles. The van der Waals surface area contributed by atoms with Crippen LogP contribution in [-0.2, 0) is 6.54 Å². The van der Waals surface area contributed by atoms with E-state index >= 15 is 0 Å². The van der Waals surface area contributed by atoms with E-state index in [0.29, 0.717) is 12.0 Å². The predicted octanol–water partition coefficient (Wildman–Crippen LogP) is 1.98. The van der Waals surface area contributed by atoms with Crippen molar-refractivity contribution < 1.29 is 0 Å². The molecule has 94 valence electrons. The molecule has 2 fully saturated rings. The summed E-state index contributed by atoms with van der Waals surface area (Å²) < 4.78 is 2.36. The Morgan fingerprint density at radius 1 is 1.12 bits per heavy atom. The van der Waals surface area contributed by atoms with Crippen molar-refractivity contribution >= 4 is 0 Å². The van der Waals surface area contributed by atoms with Gasteiger partial charge in [-0.1, -0.05) is 0 Å². The summed E-state index contributed by atoms with van der Waals surface area (Å²) in [6.45, 7) is 3.21. The van der Waals surface area contributed by atoms with Crippen LogP contribution in [0.4, 0.5) is 0 Å². The number of nitrogens with zero attached hydrogens (tertiary/aromatic N) is 3. The maximum atomic E-state index is 5.97. The Morgan fingerprint density at radius 3 is 2.47 bits per heavy atom. The van der Waals surface area contributed by atoms with Gasteiger partial charge in [-0.2, -0.15) is 0 Å². The van der Waals surface area contributed by atoms with Gasteiger partial charge in [0.2, 0.25) is 0 Å². The minimum Gasteiger partial charge on any atom is -0.328 e. The molecule has 0 aromatic carbocycles. The average molecular weight is 234 g/mol. The van der Waals surface area contributed by atoms with E-state index < -0.39 is 0 Å². The zero-order chi connectivity index (χ0) is 11.8. The third kappa shape index (κ3) is 2.37. The van der Waals surface area contributed by atoms with Crippen molar-refractivity contribution in [3.63, 3.8) is 0 Å². The lowest BCUT2D eigenvalue weighted by molar-refractivity contribution is 0.372. The molecule has 17 heavy (non-hydrogen) atoms. The number of aryl methyl sites for hydroxylation is 1. The van der Waals surface area contributed by atoms with Crippen molar-refractivity contribution in [3.8, 4) is 0 Å². The van der Waals surface area contributed by atoms with Gasteiger partial charge in [0.15, 0.2) is 0 Å². The van der Waals surface area contributed by atoms with Crippen LogP contribution in [0, 0.1) is 12.8 Å². The summed E-state index contributed by atoms with van der Waals surface area (Å²) in [6, 6.07) is 0.409. The van der Waals surface area contributed by atoms with E-state index in [-0.39, 0.29) is 0 Å². The normalized spacial score (nSPS) is 29.5. The SMILES string of the molecule is Cc1nnc(C2CCC(N)CC2)n1CC1CC1. The molecule has 0 radical (unpaired) electrons. The molecular weight excluding hydrogens is 212 g/mol. The van der Waals surface area contributed by atoms with E-state index in [1.165, 1.54) is 31.5 Å². The molecule has 0 saturated heterocycles.